The van der Waals surface area contributed by atoms with Crippen molar-refractivity contribution in [2.24, 2.45) is 0 Å². The number of alkyl halides is 3. The van der Waals surface area contributed by atoms with Crippen LogP contribution in [0.1, 0.15) is 26.3 Å². The van der Waals surface area contributed by atoms with Crippen LogP contribution in [0.15, 0.2) is 61.2 Å². The highest BCUT2D eigenvalue weighted by Gasteiger charge is 2.28. The Morgan fingerprint density at radius 1 is 1.00 bits per heavy atom. The van der Waals surface area contributed by atoms with Crippen molar-refractivity contribution in [1.29, 1.82) is 0 Å². The minimum atomic E-state index is -4.53. The fraction of sp³-hybridized carbons (Fsp3) is 0.158. The fourth-order valence-electron chi connectivity index (χ4n) is 2.52. The minimum absolute atomic E-state index is 0.0621. The van der Waals surface area contributed by atoms with Crippen LogP contribution < -0.4 is 10.6 Å². The number of hydrogen-bond donors (Lipinski definition) is 2. The quantitative estimate of drug-likeness (QED) is 0.663. The van der Waals surface area contributed by atoms with Crippen LogP contribution in [0.2, 0.25) is 0 Å². The number of halogens is 3. The first-order valence-electron chi connectivity index (χ1n) is 8.48. The summed E-state index contributed by atoms with van der Waals surface area (Å²) in [5.41, 5.74) is 1.29. The predicted octanol–water partition coefficient (Wildman–Crippen LogP) is 2.87. The molecule has 0 saturated heterocycles. The van der Waals surface area contributed by atoms with Gasteiger partial charge in [0.2, 0.25) is 0 Å². The van der Waals surface area contributed by atoms with Crippen LogP contribution in [0, 0.1) is 0 Å². The van der Waals surface area contributed by atoms with Gasteiger partial charge in [0.15, 0.2) is 0 Å². The largest absolute Gasteiger partial charge is 0.405 e. The Hall–Kier alpha value is -3.69. The van der Waals surface area contributed by atoms with Crippen LogP contribution in [-0.4, -0.2) is 39.3 Å². The van der Waals surface area contributed by atoms with Crippen molar-refractivity contribution in [1.82, 2.24) is 20.1 Å². The number of anilines is 1. The highest BCUT2D eigenvalue weighted by Crippen LogP contribution is 2.18. The molecule has 2 amide bonds. The number of hydrogen-bond acceptors (Lipinski definition) is 4. The molecule has 0 aliphatic carbocycles. The van der Waals surface area contributed by atoms with Crippen molar-refractivity contribution < 1.29 is 22.8 Å². The van der Waals surface area contributed by atoms with Gasteiger partial charge < -0.3 is 10.6 Å². The van der Waals surface area contributed by atoms with E-state index < -0.39 is 24.5 Å². The molecule has 10 heteroatoms. The maximum atomic E-state index is 12.5. The van der Waals surface area contributed by atoms with Crippen LogP contribution in [0.4, 0.5) is 18.9 Å². The molecule has 0 radical (unpaired) electrons. The molecule has 0 fully saturated rings. The van der Waals surface area contributed by atoms with E-state index >= 15 is 0 Å². The van der Waals surface area contributed by atoms with E-state index in [1.807, 2.05) is 0 Å². The maximum Gasteiger partial charge on any atom is 0.405 e. The lowest BCUT2D eigenvalue weighted by atomic mass is 10.1. The fourth-order valence-corrected chi connectivity index (χ4v) is 2.52. The lowest BCUT2D eigenvalue weighted by Crippen LogP contribution is -2.34. The average Bonchev–Trinajstić information content (AvgIpc) is 3.19. The standard InChI is InChI=1S/C19H16F3N5O2/c20-19(21,22)10-24-18(29)15-3-1-2-4-16(15)26-17(28)14-7-5-13(6-8-14)9-27-12-23-11-25-27/h1-8,11-12H,9-10H2,(H,24,29)(H,26,28). The number of carbonyl (C=O) groups is 2. The number of nitrogens with one attached hydrogen (secondary N) is 2. The lowest BCUT2D eigenvalue weighted by molar-refractivity contribution is -0.123. The van der Waals surface area contributed by atoms with Crippen molar-refractivity contribution in [3.05, 3.63) is 77.9 Å². The molecule has 0 aliphatic rings. The zero-order valence-electron chi connectivity index (χ0n) is 15.0. The predicted molar refractivity (Wildman–Crippen MR) is 98.3 cm³/mol. The molecule has 0 spiro atoms. The lowest BCUT2D eigenvalue weighted by Gasteiger charge is -2.13. The van der Waals surface area contributed by atoms with E-state index in [9.17, 15) is 22.8 Å². The third-order valence-corrected chi connectivity index (χ3v) is 3.90. The van der Waals surface area contributed by atoms with Gasteiger partial charge in [-0.05, 0) is 29.8 Å². The number of rotatable bonds is 6. The van der Waals surface area contributed by atoms with Gasteiger partial charge >= 0.3 is 6.18 Å². The highest BCUT2D eigenvalue weighted by molar-refractivity contribution is 6.09. The Bertz CT molecular complexity index is 986. The summed E-state index contributed by atoms with van der Waals surface area (Å²) < 4.78 is 38.6. The van der Waals surface area contributed by atoms with Gasteiger partial charge in [-0.25, -0.2) is 9.67 Å². The van der Waals surface area contributed by atoms with Gasteiger partial charge in [0, 0.05) is 5.56 Å². The van der Waals surface area contributed by atoms with E-state index in [2.05, 4.69) is 15.4 Å². The summed E-state index contributed by atoms with van der Waals surface area (Å²) >= 11 is 0. The summed E-state index contributed by atoms with van der Waals surface area (Å²) in [6.45, 7) is -0.967. The molecule has 0 aliphatic heterocycles. The van der Waals surface area contributed by atoms with Crippen molar-refractivity contribution in [2.45, 2.75) is 12.7 Å². The maximum absolute atomic E-state index is 12.5. The molecule has 0 saturated carbocycles. The molecule has 3 rings (SSSR count). The molecule has 150 valence electrons. The summed E-state index contributed by atoms with van der Waals surface area (Å²) in [5.74, 6) is -1.42. The summed E-state index contributed by atoms with van der Waals surface area (Å²) in [6, 6.07) is 12.6. The Morgan fingerprint density at radius 2 is 1.72 bits per heavy atom. The Labute approximate surface area is 163 Å². The van der Waals surface area contributed by atoms with Crippen LogP contribution in [0.3, 0.4) is 0 Å². The van der Waals surface area contributed by atoms with E-state index in [0.717, 1.165) is 5.56 Å². The zero-order chi connectivity index (χ0) is 20.9. The summed E-state index contributed by atoms with van der Waals surface area (Å²) in [5, 5.41) is 8.35. The first-order chi connectivity index (χ1) is 13.8. The van der Waals surface area contributed by atoms with E-state index in [0.29, 0.717) is 12.1 Å². The molecule has 2 aromatic carbocycles. The van der Waals surface area contributed by atoms with Gasteiger partial charge in [-0.15, -0.1) is 0 Å². The molecule has 1 aromatic heterocycles. The third-order valence-electron chi connectivity index (χ3n) is 3.90. The topological polar surface area (TPSA) is 88.9 Å². The van der Waals surface area contributed by atoms with Gasteiger partial charge in [-0.1, -0.05) is 24.3 Å². The van der Waals surface area contributed by atoms with E-state index in [-0.39, 0.29) is 11.3 Å². The number of aromatic nitrogens is 3. The van der Waals surface area contributed by atoms with Crippen LogP contribution in [0.25, 0.3) is 0 Å². The number of benzene rings is 2. The van der Waals surface area contributed by atoms with Gasteiger partial charge in [0.25, 0.3) is 11.8 Å². The van der Waals surface area contributed by atoms with E-state index in [4.69, 9.17) is 0 Å². The summed E-state index contributed by atoms with van der Waals surface area (Å²) in [6.07, 6.45) is -1.53. The normalized spacial score (nSPS) is 11.1. The first kappa shape index (κ1) is 20.1. The highest BCUT2D eigenvalue weighted by atomic mass is 19.4. The molecule has 7 nitrogen and oxygen atoms in total. The molecule has 29 heavy (non-hydrogen) atoms. The SMILES string of the molecule is O=C(Nc1ccccc1C(=O)NCC(F)(F)F)c1ccc(Cn2cncn2)cc1. The summed E-state index contributed by atoms with van der Waals surface area (Å²) in [7, 11) is 0. The Kier molecular flexibility index (Phi) is 5.91. The van der Waals surface area contributed by atoms with Gasteiger partial charge in [-0.2, -0.15) is 18.3 Å². The second kappa shape index (κ2) is 8.55. The Morgan fingerprint density at radius 3 is 2.38 bits per heavy atom. The molecule has 0 bridgehead atoms. The van der Waals surface area contributed by atoms with E-state index in [1.165, 1.54) is 24.5 Å². The zero-order valence-corrected chi connectivity index (χ0v) is 15.0. The molecular formula is C19H16F3N5O2. The first-order valence-corrected chi connectivity index (χ1v) is 8.48. The van der Waals surface area contributed by atoms with Crippen molar-refractivity contribution in [3.8, 4) is 0 Å². The number of para-hydroxylation sites is 1. The number of nitrogens with zero attached hydrogens (tertiary/aromatic N) is 3. The van der Waals surface area contributed by atoms with Crippen molar-refractivity contribution >= 4 is 17.5 Å². The van der Waals surface area contributed by atoms with Crippen LogP contribution >= 0.6 is 0 Å². The molecular weight excluding hydrogens is 387 g/mol. The molecule has 0 unspecified atom stereocenters. The smallest absolute Gasteiger partial charge is 0.343 e. The second-order valence-corrected chi connectivity index (χ2v) is 6.09. The molecule has 3 aromatic rings. The molecule has 2 N–H and O–H groups in total. The van der Waals surface area contributed by atoms with E-state index in [1.54, 1.807) is 46.7 Å². The van der Waals surface area contributed by atoms with Gasteiger partial charge in [0.1, 0.15) is 19.2 Å². The monoisotopic (exact) mass is 403 g/mol. The van der Waals surface area contributed by atoms with Crippen LogP contribution in [-0.2, 0) is 6.54 Å². The second-order valence-electron chi connectivity index (χ2n) is 6.09. The van der Waals surface area contributed by atoms with Crippen molar-refractivity contribution in [3.63, 3.8) is 0 Å². The average molecular weight is 403 g/mol. The minimum Gasteiger partial charge on any atom is -0.343 e. The third kappa shape index (κ3) is 5.64. The van der Waals surface area contributed by atoms with Crippen LogP contribution in [0.5, 0.6) is 0 Å². The van der Waals surface area contributed by atoms with Gasteiger partial charge in [0.05, 0.1) is 17.8 Å². The Balaban J connectivity index is 1.68. The number of amides is 2. The molecule has 0 atom stereocenters. The van der Waals surface area contributed by atoms with Gasteiger partial charge in [-0.3, -0.25) is 9.59 Å². The number of carbonyl (C=O) groups excluding carboxylic acids is 2. The molecule has 1 heterocycles. The van der Waals surface area contributed by atoms with Crippen molar-refractivity contribution in [2.75, 3.05) is 11.9 Å². The summed E-state index contributed by atoms with van der Waals surface area (Å²) in [4.78, 5) is 28.4.